The van der Waals surface area contributed by atoms with E-state index in [-0.39, 0.29) is 12.2 Å². The highest BCUT2D eigenvalue weighted by Crippen LogP contribution is 2.38. The predicted octanol–water partition coefficient (Wildman–Crippen LogP) is 1.56. The molecule has 0 unspecified atom stereocenters. The van der Waals surface area contributed by atoms with Crippen molar-refractivity contribution in [2.24, 2.45) is 0 Å². The molecule has 1 aromatic carbocycles. The van der Waals surface area contributed by atoms with Crippen LogP contribution in [0, 0.1) is 11.3 Å². The Morgan fingerprint density at radius 3 is 3.00 bits per heavy atom. The van der Waals surface area contributed by atoms with Crippen LogP contribution in [0.1, 0.15) is 22.8 Å². The topological polar surface area (TPSA) is 70.3 Å². The van der Waals surface area contributed by atoms with Crippen molar-refractivity contribution in [1.29, 1.82) is 5.26 Å². The molecule has 0 aliphatic carbocycles. The van der Waals surface area contributed by atoms with Crippen LogP contribution in [0.4, 0.5) is 0 Å². The molecule has 76 valence electrons. The van der Waals surface area contributed by atoms with E-state index >= 15 is 0 Å². The molecule has 0 spiro atoms. The molecule has 0 amide bonds. The SMILES string of the molecule is C[C@@]1(C#N)COc2ccc(C(=O)O)cc21. The normalized spacial score (nSPS) is 22.7. The second-order valence-corrected chi connectivity index (χ2v) is 3.75. The Hall–Kier alpha value is -2.02. The minimum atomic E-state index is -0.995. The summed E-state index contributed by atoms with van der Waals surface area (Å²) in [5, 5.41) is 17.9. The van der Waals surface area contributed by atoms with Crippen LogP contribution in [0.15, 0.2) is 18.2 Å². The number of ether oxygens (including phenoxy) is 1. The number of hydrogen-bond acceptors (Lipinski definition) is 3. The Bertz CT molecular complexity index is 475. The Labute approximate surface area is 86.7 Å². The zero-order valence-corrected chi connectivity index (χ0v) is 8.15. The van der Waals surface area contributed by atoms with Crippen LogP contribution in [0.5, 0.6) is 5.75 Å². The molecule has 0 radical (unpaired) electrons. The number of nitrogens with zero attached hydrogens (tertiary/aromatic N) is 1. The Morgan fingerprint density at radius 2 is 2.40 bits per heavy atom. The van der Waals surface area contributed by atoms with Gasteiger partial charge in [-0.15, -0.1) is 0 Å². The first-order valence-corrected chi connectivity index (χ1v) is 4.49. The molecule has 0 aromatic heterocycles. The number of aromatic carboxylic acids is 1. The highest BCUT2D eigenvalue weighted by atomic mass is 16.5. The molecule has 1 aromatic rings. The number of benzene rings is 1. The maximum Gasteiger partial charge on any atom is 0.335 e. The van der Waals surface area contributed by atoms with Crippen LogP contribution in [-0.2, 0) is 5.41 Å². The van der Waals surface area contributed by atoms with Gasteiger partial charge in [0.05, 0.1) is 11.6 Å². The van der Waals surface area contributed by atoms with Gasteiger partial charge >= 0.3 is 5.97 Å². The predicted molar refractivity (Wildman–Crippen MR) is 51.9 cm³/mol. The van der Waals surface area contributed by atoms with E-state index in [2.05, 4.69) is 6.07 Å². The fourth-order valence-electron chi connectivity index (χ4n) is 1.61. The van der Waals surface area contributed by atoms with Gasteiger partial charge < -0.3 is 9.84 Å². The molecule has 1 aliphatic heterocycles. The van der Waals surface area contributed by atoms with Crippen LogP contribution in [-0.4, -0.2) is 17.7 Å². The van der Waals surface area contributed by atoms with E-state index in [9.17, 15) is 4.79 Å². The van der Waals surface area contributed by atoms with Crippen molar-refractivity contribution < 1.29 is 14.6 Å². The molecule has 4 heteroatoms. The van der Waals surface area contributed by atoms with E-state index in [0.717, 1.165) is 0 Å². The number of carboxylic acids is 1. The zero-order valence-electron chi connectivity index (χ0n) is 8.15. The molecule has 2 rings (SSSR count). The van der Waals surface area contributed by atoms with E-state index in [1.54, 1.807) is 13.0 Å². The average molecular weight is 203 g/mol. The molecule has 1 heterocycles. The van der Waals surface area contributed by atoms with Gasteiger partial charge in [0.25, 0.3) is 0 Å². The van der Waals surface area contributed by atoms with Gasteiger partial charge in [-0.25, -0.2) is 4.79 Å². The lowest BCUT2D eigenvalue weighted by Crippen LogP contribution is -2.21. The number of nitriles is 1. The molecular formula is C11H9NO3. The summed E-state index contributed by atoms with van der Waals surface area (Å²) in [6, 6.07) is 6.73. The number of carbonyl (C=O) groups is 1. The highest BCUT2D eigenvalue weighted by molar-refractivity contribution is 5.88. The molecule has 1 N–H and O–H groups in total. The first-order chi connectivity index (χ1) is 7.07. The quantitative estimate of drug-likeness (QED) is 0.751. The Balaban J connectivity index is 2.57. The largest absolute Gasteiger partial charge is 0.491 e. The smallest absolute Gasteiger partial charge is 0.335 e. The first-order valence-electron chi connectivity index (χ1n) is 4.49. The highest BCUT2D eigenvalue weighted by Gasteiger charge is 2.37. The summed E-state index contributed by atoms with van der Waals surface area (Å²) < 4.78 is 5.32. The van der Waals surface area contributed by atoms with Crippen molar-refractivity contribution in [2.45, 2.75) is 12.3 Å². The van der Waals surface area contributed by atoms with Gasteiger partial charge in [-0.05, 0) is 25.1 Å². The van der Waals surface area contributed by atoms with Gasteiger partial charge in [-0.3, -0.25) is 0 Å². The van der Waals surface area contributed by atoms with Gasteiger partial charge in [0, 0.05) is 5.56 Å². The average Bonchev–Trinajstić information content (AvgIpc) is 2.57. The molecule has 4 nitrogen and oxygen atoms in total. The molecule has 0 bridgehead atoms. The van der Waals surface area contributed by atoms with Crippen molar-refractivity contribution in [2.75, 3.05) is 6.61 Å². The number of carboxylic acid groups (broad SMARTS) is 1. The lowest BCUT2D eigenvalue weighted by atomic mass is 9.85. The van der Waals surface area contributed by atoms with E-state index in [4.69, 9.17) is 15.1 Å². The fraction of sp³-hybridized carbons (Fsp3) is 0.273. The van der Waals surface area contributed by atoms with Gasteiger partial charge in [0.2, 0.25) is 0 Å². The third kappa shape index (κ3) is 1.33. The van der Waals surface area contributed by atoms with Crippen LogP contribution >= 0.6 is 0 Å². The lowest BCUT2D eigenvalue weighted by Gasteiger charge is -2.11. The lowest BCUT2D eigenvalue weighted by molar-refractivity contribution is 0.0697. The van der Waals surface area contributed by atoms with Crippen molar-refractivity contribution in [3.63, 3.8) is 0 Å². The summed E-state index contributed by atoms with van der Waals surface area (Å²) in [5.74, 6) is -0.394. The van der Waals surface area contributed by atoms with Crippen molar-refractivity contribution in [3.8, 4) is 11.8 Å². The van der Waals surface area contributed by atoms with Crippen molar-refractivity contribution >= 4 is 5.97 Å². The number of hydrogen-bond donors (Lipinski definition) is 1. The van der Waals surface area contributed by atoms with Gasteiger partial charge in [-0.1, -0.05) is 0 Å². The van der Waals surface area contributed by atoms with Crippen molar-refractivity contribution in [1.82, 2.24) is 0 Å². The molecular weight excluding hydrogens is 194 g/mol. The second kappa shape index (κ2) is 2.99. The fourth-order valence-corrected chi connectivity index (χ4v) is 1.61. The standard InChI is InChI=1S/C11H9NO3/c1-11(5-12)6-15-9-3-2-7(10(13)14)4-8(9)11/h2-4H,6H2,1H3,(H,13,14)/t11-/m1/s1. The first kappa shape index (κ1) is 9.53. The molecule has 0 saturated carbocycles. The number of fused-ring (bicyclic) bond motifs is 1. The Morgan fingerprint density at radius 1 is 1.67 bits per heavy atom. The van der Waals surface area contributed by atoms with Gasteiger partial charge in [0.15, 0.2) is 0 Å². The number of rotatable bonds is 1. The van der Waals surface area contributed by atoms with Crippen molar-refractivity contribution in [3.05, 3.63) is 29.3 Å². The molecule has 0 saturated heterocycles. The summed E-state index contributed by atoms with van der Waals surface area (Å²) >= 11 is 0. The van der Waals surface area contributed by atoms with E-state index in [0.29, 0.717) is 11.3 Å². The maximum absolute atomic E-state index is 10.8. The third-order valence-electron chi connectivity index (χ3n) is 2.58. The molecule has 0 fully saturated rings. The van der Waals surface area contributed by atoms with E-state index in [1.807, 2.05) is 0 Å². The minimum absolute atomic E-state index is 0.181. The van der Waals surface area contributed by atoms with Crippen LogP contribution in [0.2, 0.25) is 0 Å². The summed E-state index contributed by atoms with van der Waals surface area (Å²) in [6.07, 6.45) is 0. The van der Waals surface area contributed by atoms with Crippen LogP contribution < -0.4 is 4.74 Å². The van der Waals surface area contributed by atoms with Gasteiger partial charge in [0.1, 0.15) is 17.8 Å². The summed E-state index contributed by atoms with van der Waals surface area (Å²) in [4.78, 5) is 10.8. The van der Waals surface area contributed by atoms with E-state index in [1.165, 1.54) is 12.1 Å². The molecule has 15 heavy (non-hydrogen) atoms. The van der Waals surface area contributed by atoms with E-state index < -0.39 is 11.4 Å². The molecule has 1 aliphatic rings. The second-order valence-electron chi connectivity index (χ2n) is 3.75. The monoisotopic (exact) mass is 203 g/mol. The minimum Gasteiger partial charge on any atom is -0.491 e. The third-order valence-corrected chi connectivity index (χ3v) is 2.58. The Kier molecular flexibility index (Phi) is 1.90. The summed E-state index contributed by atoms with van der Waals surface area (Å²) in [7, 11) is 0. The molecule has 1 atom stereocenters. The van der Waals surface area contributed by atoms with Crippen LogP contribution in [0.25, 0.3) is 0 Å². The van der Waals surface area contributed by atoms with Crippen LogP contribution in [0.3, 0.4) is 0 Å². The maximum atomic E-state index is 10.8. The zero-order chi connectivity index (χ0) is 11.1. The van der Waals surface area contributed by atoms with Gasteiger partial charge in [-0.2, -0.15) is 5.26 Å². The summed E-state index contributed by atoms with van der Waals surface area (Å²) in [5.41, 5.74) is 0.103. The summed E-state index contributed by atoms with van der Waals surface area (Å²) in [6.45, 7) is 2.02.